The van der Waals surface area contributed by atoms with Gasteiger partial charge in [0.1, 0.15) is 0 Å². The van der Waals surface area contributed by atoms with E-state index in [4.69, 9.17) is 11.6 Å². The molecule has 1 fully saturated rings. The molecule has 0 atom stereocenters. The summed E-state index contributed by atoms with van der Waals surface area (Å²) in [6.07, 6.45) is 1.22. The third-order valence-corrected chi connectivity index (χ3v) is 3.73. The summed E-state index contributed by atoms with van der Waals surface area (Å²) in [5, 5.41) is 4.31. The first kappa shape index (κ1) is 12.9. The number of hydrogen-bond donors (Lipinski definition) is 1. The summed E-state index contributed by atoms with van der Waals surface area (Å²) in [5.41, 5.74) is 1.56. The number of halogens is 1. The smallest absolute Gasteiger partial charge is 0.0406 e. The molecular formula is C14H21ClN2. The van der Waals surface area contributed by atoms with Gasteiger partial charge in [-0.15, -0.1) is 0 Å². The first-order valence-corrected chi connectivity index (χ1v) is 6.66. The van der Waals surface area contributed by atoms with Crippen LogP contribution in [0.15, 0.2) is 24.3 Å². The van der Waals surface area contributed by atoms with Crippen LogP contribution in [0.1, 0.15) is 25.8 Å². The zero-order chi connectivity index (χ0) is 12.3. The SMILES string of the molecule is CC1(C)CNCCCN1Cc1ccc(Cl)cc1. The van der Waals surface area contributed by atoms with E-state index in [1.54, 1.807) is 0 Å². The minimum Gasteiger partial charge on any atom is -0.315 e. The van der Waals surface area contributed by atoms with Gasteiger partial charge in [0.2, 0.25) is 0 Å². The Morgan fingerprint density at radius 1 is 1.29 bits per heavy atom. The fraction of sp³-hybridized carbons (Fsp3) is 0.571. The van der Waals surface area contributed by atoms with E-state index in [0.29, 0.717) is 0 Å². The summed E-state index contributed by atoms with van der Waals surface area (Å²) in [7, 11) is 0. The lowest BCUT2D eigenvalue weighted by atomic mass is 10.0. The maximum Gasteiger partial charge on any atom is 0.0406 e. The molecule has 1 saturated heterocycles. The average molecular weight is 253 g/mol. The van der Waals surface area contributed by atoms with Crippen molar-refractivity contribution in [3.63, 3.8) is 0 Å². The van der Waals surface area contributed by atoms with Gasteiger partial charge in [-0.2, -0.15) is 0 Å². The first-order valence-electron chi connectivity index (χ1n) is 6.28. The third kappa shape index (κ3) is 3.44. The van der Waals surface area contributed by atoms with Gasteiger partial charge in [0.05, 0.1) is 0 Å². The zero-order valence-electron chi connectivity index (χ0n) is 10.7. The van der Waals surface area contributed by atoms with Crippen molar-refractivity contribution in [2.45, 2.75) is 32.4 Å². The second kappa shape index (κ2) is 5.38. The Kier molecular flexibility index (Phi) is 4.08. The van der Waals surface area contributed by atoms with Gasteiger partial charge >= 0.3 is 0 Å². The second-order valence-electron chi connectivity index (χ2n) is 5.39. The van der Waals surface area contributed by atoms with E-state index in [1.807, 2.05) is 12.1 Å². The highest BCUT2D eigenvalue weighted by atomic mass is 35.5. The Balaban J connectivity index is 2.07. The molecule has 2 nitrogen and oxygen atoms in total. The summed E-state index contributed by atoms with van der Waals surface area (Å²) in [6.45, 7) is 8.96. The van der Waals surface area contributed by atoms with Crippen LogP contribution in [0, 0.1) is 0 Å². The van der Waals surface area contributed by atoms with Crippen LogP contribution in [0.4, 0.5) is 0 Å². The van der Waals surface area contributed by atoms with Crippen molar-refractivity contribution >= 4 is 11.6 Å². The van der Waals surface area contributed by atoms with E-state index in [0.717, 1.165) is 31.2 Å². The lowest BCUT2D eigenvalue weighted by molar-refractivity contribution is 0.125. The van der Waals surface area contributed by atoms with E-state index >= 15 is 0 Å². The van der Waals surface area contributed by atoms with Crippen molar-refractivity contribution in [3.05, 3.63) is 34.9 Å². The summed E-state index contributed by atoms with van der Waals surface area (Å²) in [6, 6.07) is 8.19. The van der Waals surface area contributed by atoms with Gasteiger partial charge in [-0.1, -0.05) is 23.7 Å². The summed E-state index contributed by atoms with van der Waals surface area (Å²) < 4.78 is 0. The maximum absolute atomic E-state index is 5.91. The molecule has 1 aromatic rings. The van der Waals surface area contributed by atoms with Crippen molar-refractivity contribution in [1.29, 1.82) is 0 Å². The Morgan fingerprint density at radius 2 is 2.00 bits per heavy atom. The molecule has 94 valence electrons. The number of nitrogens with zero attached hydrogens (tertiary/aromatic N) is 1. The average Bonchev–Trinajstić information content (AvgIpc) is 2.44. The standard InChI is InChI=1S/C14H21ClN2/c1-14(2)11-16-8-3-9-17(14)10-12-4-6-13(15)7-5-12/h4-7,16H,3,8-11H2,1-2H3. The minimum absolute atomic E-state index is 0.218. The molecule has 0 aromatic heterocycles. The van der Waals surface area contributed by atoms with Crippen LogP contribution in [-0.4, -0.2) is 30.1 Å². The van der Waals surface area contributed by atoms with Crippen LogP contribution in [0.5, 0.6) is 0 Å². The molecule has 17 heavy (non-hydrogen) atoms. The summed E-state index contributed by atoms with van der Waals surface area (Å²) >= 11 is 5.91. The van der Waals surface area contributed by atoms with Crippen molar-refractivity contribution in [2.75, 3.05) is 19.6 Å². The van der Waals surface area contributed by atoms with Crippen LogP contribution < -0.4 is 5.32 Å². The number of hydrogen-bond acceptors (Lipinski definition) is 2. The van der Waals surface area contributed by atoms with Gasteiger partial charge in [-0.05, 0) is 44.5 Å². The van der Waals surface area contributed by atoms with Gasteiger partial charge in [-0.25, -0.2) is 0 Å². The minimum atomic E-state index is 0.218. The monoisotopic (exact) mass is 252 g/mol. The molecule has 1 N–H and O–H groups in total. The van der Waals surface area contributed by atoms with Crippen molar-refractivity contribution in [3.8, 4) is 0 Å². The predicted octanol–water partition coefficient (Wildman–Crippen LogP) is 2.91. The Hall–Kier alpha value is -0.570. The first-order chi connectivity index (χ1) is 8.08. The van der Waals surface area contributed by atoms with Crippen LogP contribution >= 0.6 is 11.6 Å². The normalized spacial score (nSPS) is 21.1. The topological polar surface area (TPSA) is 15.3 Å². The largest absolute Gasteiger partial charge is 0.315 e. The highest BCUT2D eigenvalue weighted by molar-refractivity contribution is 6.30. The molecule has 1 heterocycles. The molecular weight excluding hydrogens is 232 g/mol. The van der Waals surface area contributed by atoms with Gasteiger partial charge in [0, 0.05) is 30.2 Å². The van der Waals surface area contributed by atoms with Gasteiger partial charge in [-0.3, -0.25) is 4.90 Å². The molecule has 2 rings (SSSR count). The lowest BCUT2D eigenvalue weighted by Gasteiger charge is -2.37. The fourth-order valence-electron chi connectivity index (χ4n) is 2.31. The van der Waals surface area contributed by atoms with Gasteiger partial charge in [0.25, 0.3) is 0 Å². The van der Waals surface area contributed by atoms with Gasteiger partial charge < -0.3 is 5.32 Å². The van der Waals surface area contributed by atoms with Crippen molar-refractivity contribution < 1.29 is 0 Å². The molecule has 0 saturated carbocycles. The third-order valence-electron chi connectivity index (χ3n) is 3.48. The van der Waals surface area contributed by atoms with Crippen LogP contribution in [0.25, 0.3) is 0 Å². The van der Waals surface area contributed by atoms with Gasteiger partial charge in [0.15, 0.2) is 0 Å². The molecule has 0 amide bonds. The molecule has 0 radical (unpaired) electrons. The zero-order valence-corrected chi connectivity index (χ0v) is 11.4. The molecule has 3 heteroatoms. The van der Waals surface area contributed by atoms with Crippen molar-refractivity contribution in [2.24, 2.45) is 0 Å². The number of rotatable bonds is 2. The number of nitrogens with one attached hydrogen (secondary N) is 1. The molecule has 1 aromatic carbocycles. The summed E-state index contributed by atoms with van der Waals surface area (Å²) in [5.74, 6) is 0. The lowest BCUT2D eigenvalue weighted by Crippen LogP contribution is -2.47. The van der Waals surface area contributed by atoms with E-state index in [1.165, 1.54) is 12.0 Å². The summed E-state index contributed by atoms with van der Waals surface area (Å²) in [4.78, 5) is 2.55. The molecule has 0 unspecified atom stereocenters. The molecule has 1 aliphatic rings. The number of benzene rings is 1. The van der Waals surface area contributed by atoms with E-state index in [2.05, 4.69) is 36.2 Å². The quantitative estimate of drug-likeness (QED) is 0.871. The maximum atomic E-state index is 5.91. The Morgan fingerprint density at radius 3 is 2.71 bits per heavy atom. The Bertz CT molecular complexity index is 359. The van der Waals surface area contributed by atoms with Crippen LogP contribution in [0.3, 0.4) is 0 Å². The highest BCUT2D eigenvalue weighted by Crippen LogP contribution is 2.20. The predicted molar refractivity (Wildman–Crippen MR) is 73.4 cm³/mol. The van der Waals surface area contributed by atoms with Crippen LogP contribution in [-0.2, 0) is 6.54 Å². The van der Waals surface area contributed by atoms with E-state index in [-0.39, 0.29) is 5.54 Å². The fourth-order valence-corrected chi connectivity index (χ4v) is 2.43. The second-order valence-corrected chi connectivity index (χ2v) is 5.83. The highest BCUT2D eigenvalue weighted by Gasteiger charge is 2.27. The molecule has 1 aliphatic heterocycles. The van der Waals surface area contributed by atoms with Crippen LogP contribution in [0.2, 0.25) is 5.02 Å². The van der Waals surface area contributed by atoms with E-state index in [9.17, 15) is 0 Å². The molecule has 0 spiro atoms. The molecule has 0 bridgehead atoms. The van der Waals surface area contributed by atoms with Crippen molar-refractivity contribution in [1.82, 2.24) is 10.2 Å². The molecule has 0 aliphatic carbocycles. The van der Waals surface area contributed by atoms with E-state index < -0.39 is 0 Å². The Labute approximate surface area is 109 Å².